The maximum absolute atomic E-state index is 10.2. The van der Waals surface area contributed by atoms with E-state index in [-0.39, 0.29) is 18.4 Å². The second-order valence-corrected chi connectivity index (χ2v) is 5.44. The first kappa shape index (κ1) is 16.9. The first-order valence-corrected chi connectivity index (χ1v) is 6.44. The number of aliphatic hydroxyl groups is 1. The minimum absolute atomic E-state index is 0. The molecule has 0 aliphatic heterocycles. The summed E-state index contributed by atoms with van der Waals surface area (Å²) in [6.45, 7) is 4.33. The minimum Gasteiger partial charge on any atom is -0.387 e. The molecule has 0 aliphatic rings. The minimum atomic E-state index is -0.444. The summed E-state index contributed by atoms with van der Waals surface area (Å²) in [4.78, 5) is 0. The fourth-order valence-electron chi connectivity index (χ4n) is 1.80. The number of benzene rings is 1. The van der Waals surface area contributed by atoms with Gasteiger partial charge in [-0.2, -0.15) is 0 Å². The molecule has 0 saturated carbocycles. The van der Waals surface area contributed by atoms with Crippen molar-refractivity contribution < 1.29 is 5.11 Å². The van der Waals surface area contributed by atoms with Crippen LogP contribution in [0.25, 0.3) is 0 Å². The van der Waals surface area contributed by atoms with Crippen molar-refractivity contribution in [1.29, 1.82) is 0 Å². The van der Waals surface area contributed by atoms with Gasteiger partial charge < -0.3 is 10.4 Å². The second kappa shape index (κ2) is 8.09. The van der Waals surface area contributed by atoms with Gasteiger partial charge in [-0.15, -0.1) is 12.4 Å². The summed E-state index contributed by atoms with van der Waals surface area (Å²) >= 11 is 3.39. The molecule has 0 aliphatic carbocycles. The van der Waals surface area contributed by atoms with Gasteiger partial charge >= 0.3 is 0 Å². The van der Waals surface area contributed by atoms with Crippen LogP contribution in [0.1, 0.15) is 31.9 Å². The van der Waals surface area contributed by atoms with E-state index in [0.717, 1.165) is 16.5 Å². The number of aliphatic hydroxyl groups excluding tert-OH is 1. The van der Waals surface area contributed by atoms with Gasteiger partial charge in [0.25, 0.3) is 0 Å². The van der Waals surface area contributed by atoms with Gasteiger partial charge in [-0.1, -0.05) is 41.9 Å². The molecular weight excluding hydrogens is 302 g/mol. The number of hydrogen-bond donors (Lipinski definition) is 2. The molecule has 0 radical (unpaired) electrons. The molecule has 2 atom stereocenters. The number of hydrogen-bond acceptors (Lipinski definition) is 2. The van der Waals surface area contributed by atoms with E-state index in [9.17, 15) is 5.11 Å². The maximum atomic E-state index is 10.2. The third-order valence-electron chi connectivity index (χ3n) is 2.69. The van der Waals surface area contributed by atoms with E-state index in [1.807, 2.05) is 31.3 Å². The predicted molar refractivity (Wildman–Crippen MR) is 78.7 cm³/mol. The van der Waals surface area contributed by atoms with Gasteiger partial charge in [0.15, 0.2) is 0 Å². The van der Waals surface area contributed by atoms with Crippen molar-refractivity contribution in [2.75, 3.05) is 7.05 Å². The Kier molecular flexibility index (Phi) is 8.05. The van der Waals surface area contributed by atoms with Crippen molar-refractivity contribution in [3.05, 3.63) is 34.3 Å². The van der Waals surface area contributed by atoms with Crippen LogP contribution in [0.3, 0.4) is 0 Å². The molecule has 0 spiro atoms. The van der Waals surface area contributed by atoms with Gasteiger partial charge in [-0.05, 0) is 37.1 Å². The van der Waals surface area contributed by atoms with Gasteiger partial charge in [0, 0.05) is 10.5 Å². The summed E-state index contributed by atoms with van der Waals surface area (Å²) in [5.74, 6) is 0.572. The van der Waals surface area contributed by atoms with Crippen molar-refractivity contribution >= 4 is 28.3 Å². The molecule has 0 heterocycles. The number of halogens is 2. The molecule has 1 aromatic carbocycles. The molecule has 2 N–H and O–H groups in total. The lowest BCUT2D eigenvalue weighted by atomic mass is 9.95. The van der Waals surface area contributed by atoms with E-state index in [0.29, 0.717) is 5.92 Å². The van der Waals surface area contributed by atoms with Gasteiger partial charge in [-0.3, -0.25) is 0 Å². The Morgan fingerprint density at radius 1 is 1.24 bits per heavy atom. The molecular formula is C13H21BrClNO. The van der Waals surface area contributed by atoms with E-state index < -0.39 is 6.10 Å². The number of likely N-dealkylation sites (N-methyl/N-ethyl adjacent to an activating group) is 1. The highest BCUT2D eigenvalue weighted by atomic mass is 79.9. The monoisotopic (exact) mass is 321 g/mol. The Hall–Kier alpha value is -0.0900. The SMILES string of the molecule is CN[C@@H](CC(C)C)C(O)c1ccc(Br)cc1.Cl. The second-order valence-electron chi connectivity index (χ2n) is 4.52. The fraction of sp³-hybridized carbons (Fsp3) is 0.538. The summed E-state index contributed by atoms with van der Waals surface area (Å²) in [5, 5.41) is 13.4. The Balaban J connectivity index is 0.00000256. The van der Waals surface area contributed by atoms with Crippen molar-refractivity contribution in [2.24, 2.45) is 5.92 Å². The molecule has 17 heavy (non-hydrogen) atoms. The molecule has 98 valence electrons. The zero-order valence-corrected chi connectivity index (χ0v) is 12.9. The van der Waals surface area contributed by atoms with E-state index in [2.05, 4.69) is 35.1 Å². The zero-order valence-electron chi connectivity index (χ0n) is 10.5. The molecule has 0 bridgehead atoms. The van der Waals surface area contributed by atoms with E-state index in [4.69, 9.17) is 0 Å². The first-order chi connectivity index (χ1) is 7.54. The lowest BCUT2D eigenvalue weighted by Gasteiger charge is -2.24. The Morgan fingerprint density at radius 3 is 2.18 bits per heavy atom. The summed E-state index contributed by atoms with van der Waals surface area (Å²) in [5.41, 5.74) is 0.961. The lowest BCUT2D eigenvalue weighted by molar-refractivity contribution is 0.121. The van der Waals surface area contributed by atoms with Crippen LogP contribution in [0.5, 0.6) is 0 Å². The highest BCUT2D eigenvalue weighted by molar-refractivity contribution is 9.10. The summed E-state index contributed by atoms with van der Waals surface area (Å²) in [6.07, 6.45) is 0.522. The molecule has 2 nitrogen and oxygen atoms in total. The van der Waals surface area contributed by atoms with Crippen molar-refractivity contribution in [3.63, 3.8) is 0 Å². The smallest absolute Gasteiger partial charge is 0.0942 e. The summed E-state index contributed by atoms with van der Waals surface area (Å²) in [7, 11) is 1.90. The topological polar surface area (TPSA) is 32.3 Å². The first-order valence-electron chi connectivity index (χ1n) is 5.65. The molecule has 4 heteroatoms. The molecule has 1 unspecified atom stereocenters. The third-order valence-corrected chi connectivity index (χ3v) is 3.22. The number of nitrogens with one attached hydrogen (secondary N) is 1. The van der Waals surface area contributed by atoms with E-state index in [1.165, 1.54) is 0 Å². The van der Waals surface area contributed by atoms with Crippen LogP contribution in [-0.4, -0.2) is 18.2 Å². The standard InChI is InChI=1S/C13H20BrNO.ClH/c1-9(2)8-12(15-3)13(16)10-4-6-11(14)7-5-10;/h4-7,9,12-13,15-16H,8H2,1-3H3;1H/t12-,13?;/m0./s1. The van der Waals surface area contributed by atoms with Crippen molar-refractivity contribution in [2.45, 2.75) is 32.4 Å². The van der Waals surface area contributed by atoms with Gasteiger partial charge in [0.05, 0.1) is 6.10 Å². The lowest BCUT2D eigenvalue weighted by Crippen LogP contribution is -2.33. The number of rotatable bonds is 5. The fourth-order valence-corrected chi connectivity index (χ4v) is 2.07. The third kappa shape index (κ3) is 5.38. The van der Waals surface area contributed by atoms with Gasteiger partial charge in [-0.25, -0.2) is 0 Å². The Bertz CT molecular complexity index is 316. The quantitative estimate of drug-likeness (QED) is 0.869. The normalized spacial score (nSPS) is 14.2. The molecule has 0 aromatic heterocycles. The molecule has 0 saturated heterocycles. The van der Waals surface area contributed by atoms with E-state index >= 15 is 0 Å². The van der Waals surface area contributed by atoms with Crippen LogP contribution in [0.4, 0.5) is 0 Å². The van der Waals surface area contributed by atoms with E-state index in [1.54, 1.807) is 0 Å². The molecule has 0 amide bonds. The average molecular weight is 323 g/mol. The molecule has 1 rings (SSSR count). The van der Waals surface area contributed by atoms with Gasteiger partial charge in [0.2, 0.25) is 0 Å². The predicted octanol–water partition coefficient (Wildman–Crippen LogP) is 3.54. The summed E-state index contributed by atoms with van der Waals surface area (Å²) < 4.78 is 1.04. The average Bonchev–Trinajstić information content (AvgIpc) is 2.25. The van der Waals surface area contributed by atoms with Crippen molar-refractivity contribution in [1.82, 2.24) is 5.32 Å². The van der Waals surface area contributed by atoms with Crippen LogP contribution in [0.2, 0.25) is 0 Å². The van der Waals surface area contributed by atoms with Gasteiger partial charge in [0.1, 0.15) is 0 Å². The van der Waals surface area contributed by atoms with Crippen LogP contribution < -0.4 is 5.32 Å². The summed E-state index contributed by atoms with van der Waals surface area (Å²) in [6, 6.07) is 7.95. The highest BCUT2D eigenvalue weighted by Gasteiger charge is 2.19. The van der Waals surface area contributed by atoms with Crippen LogP contribution in [-0.2, 0) is 0 Å². The maximum Gasteiger partial charge on any atom is 0.0942 e. The van der Waals surface area contributed by atoms with Crippen LogP contribution >= 0.6 is 28.3 Å². The molecule has 1 aromatic rings. The molecule has 0 fully saturated rings. The van der Waals surface area contributed by atoms with Crippen LogP contribution in [0.15, 0.2) is 28.7 Å². The largest absolute Gasteiger partial charge is 0.387 e. The Morgan fingerprint density at radius 2 is 1.76 bits per heavy atom. The zero-order chi connectivity index (χ0) is 12.1. The van der Waals surface area contributed by atoms with Crippen LogP contribution in [0, 0.1) is 5.92 Å². The Labute approximate surface area is 118 Å². The highest BCUT2D eigenvalue weighted by Crippen LogP contribution is 2.22. The van der Waals surface area contributed by atoms with Crippen molar-refractivity contribution in [3.8, 4) is 0 Å².